The number of nitrogens with zero attached hydrogens (tertiary/aromatic N) is 2. The minimum absolute atomic E-state index is 0.230. The van der Waals surface area contributed by atoms with Gasteiger partial charge in [0.15, 0.2) is 0 Å². The quantitative estimate of drug-likeness (QED) is 0.813. The molecule has 0 spiro atoms. The number of nitrogens with one attached hydrogen (secondary N) is 1. The smallest absolute Gasteiger partial charge is 0.135 e. The van der Waals surface area contributed by atoms with Gasteiger partial charge in [0.25, 0.3) is 0 Å². The van der Waals surface area contributed by atoms with E-state index in [1.807, 2.05) is 34.6 Å². The molecule has 18 heavy (non-hydrogen) atoms. The Morgan fingerprint density at radius 2 is 2.06 bits per heavy atom. The molecule has 0 aliphatic carbocycles. The van der Waals surface area contributed by atoms with Gasteiger partial charge in [-0.15, -0.1) is 0 Å². The molecule has 5 heteroatoms. The molecule has 5 nitrogen and oxygen atoms in total. The lowest BCUT2D eigenvalue weighted by Crippen LogP contribution is -2.33. The molecule has 0 aliphatic rings. The fourth-order valence-electron chi connectivity index (χ4n) is 1.58. The maximum absolute atomic E-state index is 5.77. The first-order valence-corrected chi connectivity index (χ1v) is 6.36. The summed E-state index contributed by atoms with van der Waals surface area (Å²) in [4.78, 5) is 8.65. The van der Waals surface area contributed by atoms with Crippen LogP contribution in [0.25, 0.3) is 0 Å². The molecule has 102 valence electrons. The normalized spacial score (nSPS) is 11.9. The molecule has 3 N–H and O–H groups in total. The topological polar surface area (TPSA) is 73.1 Å². The van der Waals surface area contributed by atoms with Crippen LogP contribution in [0.4, 0.5) is 11.6 Å². The minimum atomic E-state index is -0.230. The fourth-order valence-corrected chi connectivity index (χ4v) is 1.58. The van der Waals surface area contributed by atoms with Gasteiger partial charge < -0.3 is 15.8 Å². The first-order chi connectivity index (χ1) is 8.34. The third kappa shape index (κ3) is 4.49. The third-order valence-corrected chi connectivity index (χ3v) is 2.51. The van der Waals surface area contributed by atoms with Gasteiger partial charge in [-0.2, -0.15) is 0 Å². The number of nitrogens with two attached hydrogens (primary N) is 1. The van der Waals surface area contributed by atoms with Gasteiger partial charge in [-0.3, -0.25) is 0 Å². The van der Waals surface area contributed by atoms with E-state index in [0.717, 1.165) is 11.6 Å². The van der Waals surface area contributed by atoms with Gasteiger partial charge in [0.1, 0.15) is 17.5 Å². The summed E-state index contributed by atoms with van der Waals surface area (Å²) in [7, 11) is 0. The lowest BCUT2D eigenvalue weighted by Gasteiger charge is -2.25. The number of aromatic nitrogens is 2. The average Bonchev–Trinajstić information content (AvgIpc) is 2.26. The first kappa shape index (κ1) is 14.7. The summed E-state index contributed by atoms with van der Waals surface area (Å²) < 4.78 is 5.62. The Kier molecular flexibility index (Phi) is 4.90. The van der Waals surface area contributed by atoms with E-state index in [1.165, 1.54) is 0 Å². The van der Waals surface area contributed by atoms with E-state index in [2.05, 4.69) is 15.3 Å². The number of hydrogen-bond acceptors (Lipinski definition) is 5. The monoisotopic (exact) mass is 252 g/mol. The lowest BCUT2D eigenvalue weighted by atomic mass is 10.1. The van der Waals surface area contributed by atoms with Crippen molar-refractivity contribution in [1.29, 1.82) is 0 Å². The Morgan fingerprint density at radius 3 is 2.61 bits per heavy atom. The van der Waals surface area contributed by atoms with Crippen LogP contribution in [0.2, 0.25) is 0 Å². The van der Waals surface area contributed by atoms with Crippen molar-refractivity contribution in [1.82, 2.24) is 9.97 Å². The van der Waals surface area contributed by atoms with Crippen LogP contribution in [0.1, 0.15) is 46.4 Å². The molecule has 0 aliphatic heterocycles. The number of hydrogen-bond donors (Lipinski definition) is 2. The second-order valence-electron chi connectivity index (χ2n) is 5.24. The van der Waals surface area contributed by atoms with Crippen molar-refractivity contribution < 1.29 is 4.74 Å². The molecule has 1 heterocycles. The molecule has 0 fully saturated rings. The van der Waals surface area contributed by atoms with Gasteiger partial charge in [-0.25, -0.2) is 9.97 Å². The highest BCUT2D eigenvalue weighted by Gasteiger charge is 2.17. The number of rotatable bonds is 6. The van der Waals surface area contributed by atoms with Crippen molar-refractivity contribution in [2.75, 3.05) is 24.2 Å². The van der Waals surface area contributed by atoms with Crippen LogP contribution in [0.5, 0.6) is 0 Å². The highest BCUT2D eigenvalue weighted by atomic mass is 16.5. The minimum Gasteiger partial charge on any atom is -0.384 e. The number of nitrogen functional groups attached to an aromatic ring is 1. The van der Waals surface area contributed by atoms with E-state index in [0.29, 0.717) is 19.0 Å². The van der Waals surface area contributed by atoms with Crippen molar-refractivity contribution in [3.8, 4) is 0 Å². The Balaban J connectivity index is 2.73. The Labute approximate surface area is 109 Å². The first-order valence-electron chi connectivity index (χ1n) is 6.36. The molecule has 0 amide bonds. The van der Waals surface area contributed by atoms with Crippen molar-refractivity contribution in [2.24, 2.45) is 0 Å². The van der Waals surface area contributed by atoms with Gasteiger partial charge in [-0.05, 0) is 20.8 Å². The van der Waals surface area contributed by atoms with Gasteiger partial charge in [0, 0.05) is 25.1 Å². The van der Waals surface area contributed by atoms with Crippen LogP contribution in [-0.4, -0.2) is 28.7 Å². The Bertz CT molecular complexity index is 391. The Hall–Kier alpha value is -1.36. The predicted molar refractivity (Wildman–Crippen MR) is 74.7 cm³/mol. The van der Waals surface area contributed by atoms with Crippen LogP contribution in [0, 0.1) is 0 Å². The molecule has 1 aromatic rings. The molecule has 0 bridgehead atoms. The zero-order chi connectivity index (χ0) is 13.8. The molecule has 0 radical (unpaired) electrons. The van der Waals surface area contributed by atoms with E-state index in [4.69, 9.17) is 10.5 Å². The van der Waals surface area contributed by atoms with Crippen molar-refractivity contribution in [3.63, 3.8) is 0 Å². The molecular weight excluding hydrogens is 228 g/mol. The van der Waals surface area contributed by atoms with E-state index in [-0.39, 0.29) is 11.5 Å². The van der Waals surface area contributed by atoms with Crippen molar-refractivity contribution in [3.05, 3.63) is 11.9 Å². The highest BCUT2D eigenvalue weighted by Crippen LogP contribution is 2.16. The number of ether oxygens (including phenoxy) is 1. The van der Waals surface area contributed by atoms with Crippen LogP contribution in [-0.2, 0) is 4.74 Å². The van der Waals surface area contributed by atoms with E-state index in [1.54, 1.807) is 6.07 Å². The van der Waals surface area contributed by atoms with Crippen LogP contribution >= 0.6 is 0 Å². The van der Waals surface area contributed by atoms with E-state index < -0.39 is 0 Å². The predicted octanol–water partition coefficient (Wildman–Crippen LogP) is 2.41. The second kappa shape index (κ2) is 6.00. The summed E-state index contributed by atoms with van der Waals surface area (Å²) in [5.41, 5.74) is 5.54. The van der Waals surface area contributed by atoms with E-state index in [9.17, 15) is 0 Å². The summed E-state index contributed by atoms with van der Waals surface area (Å²) >= 11 is 0. The van der Waals surface area contributed by atoms with Crippen molar-refractivity contribution >= 4 is 11.6 Å². The van der Waals surface area contributed by atoms with E-state index >= 15 is 0 Å². The lowest BCUT2D eigenvalue weighted by molar-refractivity contribution is 0.000638. The zero-order valence-electron chi connectivity index (χ0n) is 11.9. The highest BCUT2D eigenvalue weighted by molar-refractivity contribution is 5.45. The van der Waals surface area contributed by atoms with Gasteiger partial charge in [0.2, 0.25) is 0 Å². The molecule has 1 rings (SSSR count). The SMILES string of the molecule is CCOC(C)(C)CNc1cc(N)nc(C(C)C)n1. The maximum atomic E-state index is 5.77. The summed E-state index contributed by atoms with van der Waals surface area (Å²) in [6, 6.07) is 1.74. The summed E-state index contributed by atoms with van der Waals surface area (Å²) in [5.74, 6) is 2.25. The van der Waals surface area contributed by atoms with Gasteiger partial charge in [-0.1, -0.05) is 13.8 Å². The third-order valence-electron chi connectivity index (χ3n) is 2.51. The van der Waals surface area contributed by atoms with Crippen molar-refractivity contribution in [2.45, 2.75) is 46.1 Å². The summed E-state index contributed by atoms with van der Waals surface area (Å²) in [5, 5.41) is 3.25. The maximum Gasteiger partial charge on any atom is 0.135 e. The van der Waals surface area contributed by atoms with Crippen LogP contribution in [0.15, 0.2) is 6.07 Å². The molecule has 0 unspecified atom stereocenters. The average molecular weight is 252 g/mol. The van der Waals surface area contributed by atoms with Crippen LogP contribution < -0.4 is 11.1 Å². The van der Waals surface area contributed by atoms with Crippen LogP contribution in [0.3, 0.4) is 0 Å². The largest absolute Gasteiger partial charge is 0.384 e. The fraction of sp³-hybridized carbons (Fsp3) is 0.692. The molecule has 0 atom stereocenters. The summed E-state index contributed by atoms with van der Waals surface area (Å²) in [6.07, 6.45) is 0. The molecule has 0 saturated heterocycles. The Morgan fingerprint density at radius 1 is 1.39 bits per heavy atom. The standard InChI is InChI=1S/C13H24N4O/c1-6-18-13(4,5)8-15-11-7-10(14)16-12(17-11)9(2)3/h7,9H,6,8H2,1-5H3,(H3,14,15,16,17). The van der Waals surface area contributed by atoms with Gasteiger partial charge in [0.05, 0.1) is 5.60 Å². The number of anilines is 2. The zero-order valence-corrected chi connectivity index (χ0v) is 11.9. The molecular formula is C13H24N4O. The molecule has 0 saturated carbocycles. The molecule has 1 aromatic heterocycles. The summed E-state index contributed by atoms with van der Waals surface area (Å²) in [6.45, 7) is 11.5. The molecule has 0 aromatic carbocycles. The second-order valence-corrected chi connectivity index (χ2v) is 5.24. The van der Waals surface area contributed by atoms with Gasteiger partial charge >= 0.3 is 0 Å².